The van der Waals surface area contributed by atoms with Crippen molar-refractivity contribution < 1.29 is 4.79 Å². The largest absolute Gasteiger partial charge is 0.324 e. The number of aromatic nitrogens is 3. The topological polar surface area (TPSA) is 59.8 Å². The second kappa shape index (κ2) is 5.41. The normalized spacial score (nSPS) is 12.8. The Morgan fingerprint density at radius 1 is 1.00 bits per heavy atom. The molecule has 5 heteroatoms. The van der Waals surface area contributed by atoms with Gasteiger partial charge in [0.05, 0.1) is 5.52 Å². The Balaban J connectivity index is 1.46. The van der Waals surface area contributed by atoms with E-state index in [4.69, 9.17) is 0 Å². The molecule has 0 unspecified atom stereocenters. The van der Waals surface area contributed by atoms with E-state index in [1.165, 1.54) is 16.5 Å². The number of fused-ring (bicyclic) bond motifs is 1. The number of benzene rings is 3. The minimum Gasteiger partial charge on any atom is -0.324 e. The summed E-state index contributed by atoms with van der Waals surface area (Å²) in [5.74, 6) is -0.102. The van der Waals surface area contributed by atoms with Crippen LogP contribution in [0.15, 0.2) is 54.6 Å². The molecule has 1 aromatic heterocycles. The van der Waals surface area contributed by atoms with Gasteiger partial charge in [-0.25, -0.2) is 4.68 Å². The van der Waals surface area contributed by atoms with E-state index in [0.717, 1.165) is 34.9 Å². The summed E-state index contributed by atoms with van der Waals surface area (Å²) in [6.45, 7) is 0.142. The van der Waals surface area contributed by atoms with Crippen LogP contribution in [0.25, 0.3) is 21.8 Å². The summed E-state index contributed by atoms with van der Waals surface area (Å²) in [5, 5.41) is 13.6. The summed E-state index contributed by atoms with van der Waals surface area (Å²) in [6, 6.07) is 18.1. The summed E-state index contributed by atoms with van der Waals surface area (Å²) in [4.78, 5) is 12.6. The standard InChI is InChI=1S/C20H16N4O/c25-19(12-24-18-7-2-1-6-17(18)22-23-24)21-16-11-10-14-9-8-13-4-3-5-15(16)20(13)14/h1-7,10-11H,8-9,12H2,(H,21,25). The van der Waals surface area contributed by atoms with Crippen molar-refractivity contribution in [1.82, 2.24) is 15.0 Å². The van der Waals surface area contributed by atoms with Gasteiger partial charge in [0.1, 0.15) is 12.1 Å². The number of carbonyl (C=O) groups excluding carboxylic acids is 1. The van der Waals surface area contributed by atoms with Crippen LogP contribution in [0.3, 0.4) is 0 Å². The molecule has 3 aromatic carbocycles. The Labute approximate surface area is 144 Å². The third-order valence-corrected chi connectivity index (χ3v) is 4.86. The van der Waals surface area contributed by atoms with Crippen LogP contribution >= 0.6 is 0 Å². The molecule has 0 saturated carbocycles. The van der Waals surface area contributed by atoms with E-state index in [2.05, 4.69) is 39.9 Å². The third-order valence-electron chi connectivity index (χ3n) is 4.86. The molecule has 1 amide bonds. The fourth-order valence-electron chi connectivity index (χ4n) is 3.72. The summed E-state index contributed by atoms with van der Waals surface area (Å²) in [6.07, 6.45) is 2.16. The van der Waals surface area contributed by atoms with Crippen LogP contribution in [0, 0.1) is 0 Å². The van der Waals surface area contributed by atoms with Crippen molar-refractivity contribution in [2.75, 3.05) is 5.32 Å². The smallest absolute Gasteiger partial charge is 0.246 e. The Morgan fingerprint density at radius 2 is 1.84 bits per heavy atom. The van der Waals surface area contributed by atoms with Gasteiger partial charge in [-0.15, -0.1) is 5.10 Å². The predicted octanol–water partition coefficient (Wildman–Crippen LogP) is 3.32. The van der Waals surface area contributed by atoms with Crippen LogP contribution in [0.2, 0.25) is 0 Å². The quantitative estimate of drug-likeness (QED) is 0.627. The molecule has 0 bridgehead atoms. The molecule has 0 spiro atoms. The molecular weight excluding hydrogens is 312 g/mol. The van der Waals surface area contributed by atoms with Gasteiger partial charge in [-0.2, -0.15) is 0 Å². The Hall–Kier alpha value is -3.21. The first kappa shape index (κ1) is 14.2. The van der Waals surface area contributed by atoms with E-state index < -0.39 is 0 Å². The molecule has 1 N–H and O–H groups in total. The first-order valence-corrected chi connectivity index (χ1v) is 8.41. The molecule has 122 valence electrons. The van der Waals surface area contributed by atoms with E-state index in [1.54, 1.807) is 4.68 Å². The Morgan fingerprint density at radius 3 is 2.76 bits per heavy atom. The maximum atomic E-state index is 12.6. The zero-order valence-electron chi connectivity index (χ0n) is 13.6. The molecule has 5 rings (SSSR count). The molecule has 0 fully saturated rings. The average Bonchev–Trinajstić information content (AvgIpc) is 3.23. The lowest BCUT2D eigenvalue weighted by Gasteiger charge is -2.11. The Kier molecular flexibility index (Phi) is 3.06. The van der Waals surface area contributed by atoms with Gasteiger partial charge in [0.2, 0.25) is 5.91 Å². The number of rotatable bonds is 3. The lowest BCUT2D eigenvalue weighted by molar-refractivity contribution is -0.116. The molecule has 1 aliphatic rings. The lowest BCUT2D eigenvalue weighted by atomic mass is 10.0. The fourth-order valence-corrected chi connectivity index (χ4v) is 3.72. The van der Waals surface area contributed by atoms with Crippen molar-refractivity contribution in [2.24, 2.45) is 0 Å². The molecule has 0 aliphatic heterocycles. The number of amides is 1. The van der Waals surface area contributed by atoms with Crippen LogP contribution in [0.1, 0.15) is 11.1 Å². The molecular formula is C20H16N4O. The third kappa shape index (κ3) is 2.28. The average molecular weight is 328 g/mol. The summed E-state index contributed by atoms with van der Waals surface area (Å²) in [5.41, 5.74) is 5.24. The number of anilines is 1. The zero-order valence-corrected chi connectivity index (χ0v) is 13.6. The number of nitrogens with one attached hydrogen (secondary N) is 1. The molecule has 4 aromatic rings. The molecule has 5 nitrogen and oxygen atoms in total. The minimum atomic E-state index is -0.102. The number of hydrogen-bond donors (Lipinski definition) is 1. The van der Waals surface area contributed by atoms with E-state index in [-0.39, 0.29) is 12.5 Å². The van der Waals surface area contributed by atoms with Gasteiger partial charge in [0.25, 0.3) is 0 Å². The number of aryl methyl sites for hydroxylation is 2. The summed E-state index contributed by atoms with van der Waals surface area (Å²) < 4.78 is 1.63. The van der Waals surface area contributed by atoms with Crippen molar-refractivity contribution in [2.45, 2.75) is 19.4 Å². The van der Waals surface area contributed by atoms with Crippen LogP contribution < -0.4 is 5.32 Å². The lowest BCUT2D eigenvalue weighted by Crippen LogP contribution is -2.19. The van der Waals surface area contributed by atoms with Crippen molar-refractivity contribution in [3.8, 4) is 0 Å². The van der Waals surface area contributed by atoms with Crippen molar-refractivity contribution in [3.05, 3.63) is 65.7 Å². The number of nitrogens with zero attached hydrogens (tertiary/aromatic N) is 3. The molecule has 25 heavy (non-hydrogen) atoms. The van der Waals surface area contributed by atoms with E-state index in [1.807, 2.05) is 30.3 Å². The second-order valence-electron chi connectivity index (χ2n) is 6.40. The minimum absolute atomic E-state index is 0.102. The second-order valence-corrected chi connectivity index (χ2v) is 6.40. The molecule has 1 heterocycles. The first-order valence-electron chi connectivity index (χ1n) is 8.41. The zero-order chi connectivity index (χ0) is 16.8. The monoisotopic (exact) mass is 328 g/mol. The highest BCUT2D eigenvalue weighted by Crippen LogP contribution is 2.34. The van der Waals surface area contributed by atoms with Gasteiger partial charge in [-0.1, -0.05) is 41.6 Å². The Bertz CT molecular complexity index is 1120. The number of carbonyl (C=O) groups is 1. The van der Waals surface area contributed by atoms with E-state index in [9.17, 15) is 4.79 Å². The first-order chi connectivity index (χ1) is 12.3. The van der Waals surface area contributed by atoms with Crippen molar-refractivity contribution in [1.29, 1.82) is 0 Å². The fraction of sp³-hybridized carbons (Fsp3) is 0.150. The van der Waals surface area contributed by atoms with E-state index >= 15 is 0 Å². The highest BCUT2D eigenvalue weighted by atomic mass is 16.2. The van der Waals surface area contributed by atoms with Crippen molar-refractivity contribution in [3.63, 3.8) is 0 Å². The maximum Gasteiger partial charge on any atom is 0.246 e. The van der Waals surface area contributed by atoms with Crippen LogP contribution in [-0.2, 0) is 24.2 Å². The van der Waals surface area contributed by atoms with Gasteiger partial charge < -0.3 is 5.32 Å². The van der Waals surface area contributed by atoms with Gasteiger partial charge in [0.15, 0.2) is 0 Å². The van der Waals surface area contributed by atoms with Gasteiger partial charge in [-0.3, -0.25) is 4.79 Å². The maximum absolute atomic E-state index is 12.6. The van der Waals surface area contributed by atoms with Gasteiger partial charge in [-0.05, 0) is 47.6 Å². The molecule has 1 aliphatic carbocycles. The van der Waals surface area contributed by atoms with Gasteiger partial charge in [0, 0.05) is 11.1 Å². The highest BCUT2D eigenvalue weighted by Gasteiger charge is 2.17. The van der Waals surface area contributed by atoms with Crippen molar-refractivity contribution >= 4 is 33.4 Å². The highest BCUT2D eigenvalue weighted by molar-refractivity contribution is 6.05. The number of para-hydroxylation sites is 1. The van der Waals surface area contributed by atoms with Crippen LogP contribution in [-0.4, -0.2) is 20.9 Å². The summed E-state index contributed by atoms with van der Waals surface area (Å²) >= 11 is 0. The van der Waals surface area contributed by atoms with Crippen LogP contribution in [0.5, 0.6) is 0 Å². The molecule has 0 saturated heterocycles. The summed E-state index contributed by atoms with van der Waals surface area (Å²) in [7, 11) is 0. The molecule has 0 atom stereocenters. The van der Waals surface area contributed by atoms with Crippen LogP contribution in [0.4, 0.5) is 5.69 Å². The van der Waals surface area contributed by atoms with E-state index in [0.29, 0.717) is 0 Å². The number of hydrogen-bond acceptors (Lipinski definition) is 3. The molecule has 0 radical (unpaired) electrons. The predicted molar refractivity (Wildman–Crippen MR) is 97.5 cm³/mol. The SMILES string of the molecule is O=C(Cn1nnc2ccccc21)Nc1ccc2c3c(cccc13)CC2. The van der Waals surface area contributed by atoms with Gasteiger partial charge >= 0.3 is 0 Å².